The topological polar surface area (TPSA) is 159 Å². The van der Waals surface area contributed by atoms with Crippen molar-refractivity contribution in [2.24, 2.45) is 0 Å². The second-order valence-electron chi connectivity index (χ2n) is 10.0. The van der Waals surface area contributed by atoms with E-state index in [1.54, 1.807) is 52.1 Å². The lowest BCUT2D eigenvalue weighted by atomic mass is 9.97. The lowest BCUT2D eigenvalue weighted by Crippen LogP contribution is -2.45. The Morgan fingerprint density at radius 2 is 2.02 bits per heavy atom. The van der Waals surface area contributed by atoms with Gasteiger partial charge in [0.1, 0.15) is 24.0 Å². The molecule has 2 aromatic heterocycles. The van der Waals surface area contributed by atoms with Crippen LogP contribution in [0.5, 0.6) is 5.75 Å². The number of aliphatic hydroxyl groups is 1. The number of fused-ring (bicyclic) bond motifs is 2. The Hall–Kier alpha value is -2.94. The van der Waals surface area contributed by atoms with Crippen molar-refractivity contribution >= 4 is 47.8 Å². The molecule has 1 aliphatic heterocycles. The van der Waals surface area contributed by atoms with Gasteiger partial charge in [-0.25, -0.2) is 9.37 Å². The zero-order chi connectivity index (χ0) is 29.0. The number of alkyl halides is 1. The number of hydroxylamine groups is 1. The first kappa shape index (κ1) is 28.6. The van der Waals surface area contributed by atoms with Gasteiger partial charge in [0.15, 0.2) is 41.6 Å². The number of para-hydroxylation sites is 1. The molecule has 2 aliphatic rings. The van der Waals surface area contributed by atoms with Crippen molar-refractivity contribution in [1.82, 2.24) is 24.4 Å². The molecular formula is C24H31FN7O6PS. The first-order chi connectivity index (χ1) is 18.9. The summed E-state index contributed by atoms with van der Waals surface area (Å²) < 4.78 is 35.1. The van der Waals surface area contributed by atoms with Gasteiger partial charge in [0.25, 0.3) is 0 Å². The SMILES string of the molecule is CNc1nc(N)nc2c1ncn2[C@@H]1O[C@@H]2C(O[PH](=S)N(Oc3ccccc3)[C@@H](C)C(=O)OC(C)C)[C@]2(O)[C@@]1(C)F. The third kappa shape index (κ3) is 4.70. The van der Waals surface area contributed by atoms with Gasteiger partial charge in [0.2, 0.25) is 5.95 Å². The van der Waals surface area contributed by atoms with Crippen LogP contribution in [0.2, 0.25) is 0 Å². The van der Waals surface area contributed by atoms with E-state index in [2.05, 4.69) is 20.3 Å². The van der Waals surface area contributed by atoms with Crippen molar-refractivity contribution in [3.05, 3.63) is 36.7 Å². The molecule has 1 saturated carbocycles. The van der Waals surface area contributed by atoms with E-state index in [9.17, 15) is 9.90 Å². The maximum absolute atomic E-state index is 16.4. The zero-order valence-corrected chi connectivity index (χ0v) is 24.3. The number of hydrogen-bond acceptors (Lipinski definition) is 12. The fourth-order valence-electron chi connectivity index (χ4n) is 4.72. The van der Waals surface area contributed by atoms with Gasteiger partial charge in [-0.2, -0.15) is 9.97 Å². The predicted octanol–water partition coefficient (Wildman–Crippen LogP) is 2.35. The van der Waals surface area contributed by atoms with E-state index in [-0.39, 0.29) is 17.7 Å². The second kappa shape index (κ2) is 10.5. The number of rotatable bonds is 10. The van der Waals surface area contributed by atoms with Crippen LogP contribution < -0.4 is 15.9 Å². The monoisotopic (exact) mass is 595 g/mol. The molecule has 2 fully saturated rings. The Labute approximate surface area is 235 Å². The van der Waals surface area contributed by atoms with Crippen molar-refractivity contribution < 1.29 is 33.1 Å². The molecule has 1 saturated heterocycles. The number of ether oxygens (including phenoxy) is 2. The number of nitrogen functional groups attached to an aromatic ring is 1. The normalized spacial score (nSPS) is 28.9. The number of nitrogens with two attached hydrogens (primary N) is 1. The highest BCUT2D eigenvalue weighted by atomic mass is 32.4. The van der Waals surface area contributed by atoms with Crippen molar-refractivity contribution in [2.75, 3.05) is 18.1 Å². The number of nitrogens with zero attached hydrogens (tertiary/aromatic N) is 5. The van der Waals surface area contributed by atoms with Crippen LogP contribution in [0.25, 0.3) is 11.2 Å². The maximum Gasteiger partial charge on any atom is 0.327 e. The molecule has 13 nitrogen and oxygen atoms in total. The number of carbonyl (C=O) groups is 1. The van der Waals surface area contributed by atoms with Gasteiger partial charge in [-0.1, -0.05) is 34.8 Å². The molecule has 216 valence electrons. The molecule has 0 bridgehead atoms. The highest BCUT2D eigenvalue weighted by molar-refractivity contribution is 8.01. The van der Waals surface area contributed by atoms with Gasteiger partial charge in [-0.15, -0.1) is 0 Å². The number of nitrogens with one attached hydrogen (secondary N) is 1. The summed E-state index contributed by atoms with van der Waals surface area (Å²) in [4.78, 5) is 32.4. The average Bonchev–Trinajstić information content (AvgIpc) is 3.16. The van der Waals surface area contributed by atoms with E-state index < -0.39 is 48.8 Å². The highest BCUT2D eigenvalue weighted by Crippen LogP contribution is 2.64. The van der Waals surface area contributed by atoms with E-state index in [1.165, 1.54) is 22.7 Å². The molecular weight excluding hydrogens is 564 g/mol. The van der Waals surface area contributed by atoms with Gasteiger partial charge in [-0.3, -0.25) is 9.36 Å². The molecule has 16 heteroatoms. The van der Waals surface area contributed by atoms with E-state index in [4.69, 9.17) is 36.4 Å². The quantitative estimate of drug-likeness (QED) is 0.178. The van der Waals surface area contributed by atoms with Crippen LogP contribution in [0.1, 0.15) is 33.9 Å². The minimum Gasteiger partial charge on any atom is -0.462 e. The number of halogens is 1. The fraction of sp³-hybridized carbons (Fsp3) is 0.500. The highest BCUT2D eigenvalue weighted by Gasteiger charge is 2.84. The van der Waals surface area contributed by atoms with Gasteiger partial charge in [0.05, 0.1) is 12.4 Å². The number of anilines is 2. The standard InChI is InChI=1S/C24H31FN7O6PS/c1-12(2)35-20(33)13(3)32(37-14-9-7-6-8-10-14)39(40)38-17-16-24(17,34)23(4,25)21(36-16)31-11-28-15-18(27-5)29-22(26)30-19(15)31/h6-13,16-17,21,34,39H,1-5H3,(H3,26,27,29,30)/t13-,16+,17?,21+,23-,24-/m0/s1. The largest absolute Gasteiger partial charge is 0.462 e. The van der Waals surface area contributed by atoms with Crippen LogP contribution in [-0.4, -0.2) is 78.1 Å². The summed E-state index contributed by atoms with van der Waals surface area (Å²) in [7, 11) is -0.920. The first-order valence-corrected chi connectivity index (χ1v) is 15.1. The molecule has 7 atom stereocenters. The Morgan fingerprint density at radius 1 is 1.32 bits per heavy atom. The van der Waals surface area contributed by atoms with Gasteiger partial charge in [0, 0.05) is 7.05 Å². The second-order valence-corrected chi connectivity index (χ2v) is 12.3. The van der Waals surface area contributed by atoms with Crippen LogP contribution >= 0.6 is 7.07 Å². The van der Waals surface area contributed by atoms with Crippen molar-refractivity contribution in [3.63, 3.8) is 0 Å². The number of carbonyl (C=O) groups excluding carboxylic acids is 1. The van der Waals surface area contributed by atoms with Crippen LogP contribution in [0, 0.1) is 0 Å². The number of benzene rings is 1. The van der Waals surface area contributed by atoms with Gasteiger partial charge < -0.3 is 35.0 Å². The van der Waals surface area contributed by atoms with Crippen molar-refractivity contribution in [3.8, 4) is 5.75 Å². The van der Waals surface area contributed by atoms with E-state index in [0.717, 1.165) is 0 Å². The zero-order valence-electron chi connectivity index (χ0n) is 22.4. The summed E-state index contributed by atoms with van der Waals surface area (Å²) in [6, 6.07) is 7.76. The molecule has 5 rings (SSSR count). The maximum atomic E-state index is 16.4. The molecule has 3 heterocycles. The minimum absolute atomic E-state index is 0.0378. The summed E-state index contributed by atoms with van der Waals surface area (Å²) in [5.41, 5.74) is 2.04. The molecule has 0 amide bonds. The van der Waals surface area contributed by atoms with Gasteiger partial charge in [-0.05, 0) is 39.8 Å². The summed E-state index contributed by atoms with van der Waals surface area (Å²) in [6.45, 7) is 6.23. The van der Waals surface area contributed by atoms with E-state index in [0.29, 0.717) is 17.1 Å². The van der Waals surface area contributed by atoms with Crippen LogP contribution in [0.3, 0.4) is 0 Å². The predicted molar refractivity (Wildman–Crippen MR) is 148 cm³/mol. The first-order valence-electron chi connectivity index (χ1n) is 12.6. The summed E-state index contributed by atoms with van der Waals surface area (Å²) in [5, 5.41) is 14.3. The number of esters is 1. The lowest BCUT2D eigenvalue weighted by molar-refractivity contribution is -0.158. The Bertz CT molecular complexity index is 1450. The van der Waals surface area contributed by atoms with Crippen LogP contribution in [0.4, 0.5) is 16.2 Å². The Kier molecular flexibility index (Phi) is 7.48. The third-order valence-electron chi connectivity index (χ3n) is 6.88. The van der Waals surface area contributed by atoms with Crippen molar-refractivity contribution in [2.45, 2.75) is 69.5 Å². The third-order valence-corrected chi connectivity index (χ3v) is 9.01. The average molecular weight is 596 g/mol. The molecule has 3 aromatic rings. The molecule has 1 aromatic carbocycles. The van der Waals surface area contributed by atoms with E-state index in [1.807, 2.05) is 6.07 Å². The summed E-state index contributed by atoms with van der Waals surface area (Å²) in [6.07, 6.45) is -2.45. The summed E-state index contributed by atoms with van der Waals surface area (Å²) >= 11 is 5.63. The molecule has 4 N–H and O–H groups in total. The Balaban J connectivity index is 1.37. The number of imidazole rings is 1. The lowest BCUT2D eigenvalue weighted by Gasteiger charge is -2.32. The van der Waals surface area contributed by atoms with Gasteiger partial charge >= 0.3 is 5.97 Å². The molecule has 40 heavy (non-hydrogen) atoms. The number of aromatic nitrogens is 4. The number of hydrogen-bond donors (Lipinski definition) is 3. The Morgan fingerprint density at radius 3 is 2.62 bits per heavy atom. The van der Waals surface area contributed by atoms with Crippen LogP contribution in [-0.2, 0) is 30.6 Å². The minimum atomic E-state index is -2.57. The smallest absolute Gasteiger partial charge is 0.327 e. The van der Waals surface area contributed by atoms with Crippen LogP contribution in [0.15, 0.2) is 36.7 Å². The molecule has 0 radical (unpaired) electrons. The molecule has 2 unspecified atom stereocenters. The fourth-order valence-corrected chi connectivity index (χ4v) is 6.85. The van der Waals surface area contributed by atoms with Crippen molar-refractivity contribution in [1.29, 1.82) is 0 Å². The van der Waals surface area contributed by atoms with E-state index >= 15 is 4.39 Å². The molecule has 1 aliphatic carbocycles. The molecule has 0 spiro atoms. The summed E-state index contributed by atoms with van der Waals surface area (Å²) in [5.74, 6) is 0.173.